The predicted octanol–water partition coefficient (Wildman–Crippen LogP) is 2.78. The van der Waals surface area contributed by atoms with Crippen LogP contribution in [0.4, 0.5) is 0 Å². The average Bonchev–Trinajstić information content (AvgIpc) is 2.72. The molecule has 7 nitrogen and oxygen atoms in total. The number of hydrogen-bond acceptors (Lipinski definition) is 5. The maximum absolute atomic E-state index is 13.4. The summed E-state index contributed by atoms with van der Waals surface area (Å²) in [7, 11) is -0.245. The predicted molar refractivity (Wildman–Crippen MR) is 120 cm³/mol. The first-order chi connectivity index (χ1) is 13.6. The van der Waals surface area contributed by atoms with E-state index in [1.165, 1.54) is 6.92 Å². The average molecular weight is 423 g/mol. The highest BCUT2D eigenvalue weighted by atomic mass is 16.7. The van der Waals surface area contributed by atoms with E-state index in [1.807, 2.05) is 48.5 Å². The molecule has 2 fully saturated rings. The summed E-state index contributed by atoms with van der Waals surface area (Å²) >= 11 is 0. The molecule has 1 saturated carbocycles. The van der Waals surface area contributed by atoms with Crippen LogP contribution >= 0.6 is 0 Å². The number of nitrogens with one attached hydrogen (secondary N) is 2. The van der Waals surface area contributed by atoms with Crippen LogP contribution in [-0.2, 0) is 18.9 Å². The molecule has 0 radical (unpaired) electrons. The van der Waals surface area contributed by atoms with E-state index >= 15 is 0 Å². The smallest absolute Gasteiger partial charge is 0.403 e. The number of rotatable bonds is 8. The second-order valence-corrected chi connectivity index (χ2v) is 11.2. The summed E-state index contributed by atoms with van der Waals surface area (Å²) in [5.74, 6) is -0.251. The number of unbranched alkanes of at least 4 members (excludes halogenated alkanes) is 1. The standard InChI is InChI=1S/C22H42BN3O4/c1-15(27)25-22(16-13-17(24)14-16,18(28)26-19(2,3)4)11-9-10-12-23-29-20(5,6)21(7,8)30-23/h16-17H,9-14,24H2,1-8H3,(H,25,27)(H,26,28)/t16-,17-,22-/m0/s1. The van der Waals surface area contributed by atoms with Gasteiger partial charge in [0.2, 0.25) is 11.8 Å². The molecule has 1 heterocycles. The highest BCUT2D eigenvalue weighted by Gasteiger charge is 2.52. The quantitative estimate of drug-likeness (QED) is 0.412. The lowest BCUT2D eigenvalue weighted by atomic mass is 9.65. The van der Waals surface area contributed by atoms with E-state index < -0.39 is 5.54 Å². The van der Waals surface area contributed by atoms with Crippen LogP contribution in [0.1, 0.15) is 87.5 Å². The number of nitrogens with two attached hydrogens (primary N) is 1. The molecular weight excluding hydrogens is 381 g/mol. The van der Waals surface area contributed by atoms with Gasteiger partial charge >= 0.3 is 7.12 Å². The number of hydrogen-bond donors (Lipinski definition) is 3. The summed E-state index contributed by atoms with van der Waals surface area (Å²) in [5, 5.41) is 6.11. The third-order valence-electron chi connectivity index (χ3n) is 6.73. The molecule has 2 rings (SSSR count). The van der Waals surface area contributed by atoms with Gasteiger partial charge in [0.15, 0.2) is 0 Å². The van der Waals surface area contributed by atoms with Gasteiger partial charge in [0.25, 0.3) is 0 Å². The van der Waals surface area contributed by atoms with Crippen LogP contribution in [0.15, 0.2) is 0 Å². The largest absolute Gasteiger partial charge is 0.457 e. The van der Waals surface area contributed by atoms with Crippen molar-refractivity contribution >= 4 is 18.9 Å². The zero-order valence-corrected chi connectivity index (χ0v) is 20.2. The fourth-order valence-corrected chi connectivity index (χ4v) is 4.35. The van der Waals surface area contributed by atoms with Crippen LogP contribution in [0.5, 0.6) is 0 Å². The maximum Gasteiger partial charge on any atom is 0.457 e. The van der Waals surface area contributed by atoms with Crippen molar-refractivity contribution in [2.45, 2.75) is 122 Å². The van der Waals surface area contributed by atoms with Crippen LogP contribution in [0.3, 0.4) is 0 Å². The van der Waals surface area contributed by atoms with Gasteiger partial charge in [-0.3, -0.25) is 9.59 Å². The SMILES string of the molecule is CC(=O)N[C@](CCCCB1OC(C)(C)C(C)(C)O1)(C(=O)NC(C)(C)C)[C@H]1C[C@H](N)C1. The minimum Gasteiger partial charge on any atom is -0.403 e. The fraction of sp³-hybridized carbons (Fsp3) is 0.909. The van der Waals surface area contributed by atoms with E-state index in [2.05, 4.69) is 10.6 Å². The van der Waals surface area contributed by atoms with Crippen LogP contribution in [-0.4, -0.2) is 47.3 Å². The lowest BCUT2D eigenvalue weighted by molar-refractivity contribution is -0.139. The molecule has 0 bridgehead atoms. The zero-order chi connectivity index (χ0) is 23.0. The van der Waals surface area contributed by atoms with Gasteiger partial charge in [-0.05, 0) is 80.0 Å². The molecule has 0 aromatic heterocycles. The van der Waals surface area contributed by atoms with Gasteiger partial charge in [0.1, 0.15) is 5.54 Å². The molecule has 2 aliphatic rings. The van der Waals surface area contributed by atoms with Gasteiger partial charge in [0, 0.05) is 18.5 Å². The Kier molecular flexibility index (Phi) is 7.37. The van der Waals surface area contributed by atoms with Crippen molar-refractivity contribution in [3.63, 3.8) is 0 Å². The fourth-order valence-electron chi connectivity index (χ4n) is 4.35. The molecule has 0 unspecified atom stereocenters. The molecule has 1 saturated heterocycles. The molecule has 4 N–H and O–H groups in total. The molecule has 0 aromatic rings. The minimum atomic E-state index is -0.926. The monoisotopic (exact) mass is 423 g/mol. The second kappa shape index (κ2) is 8.79. The summed E-state index contributed by atoms with van der Waals surface area (Å²) in [5.41, 5.74) is 4.05. The summed E-state index contributed by atoms with van der Waals surface area (Å²) in [6, 6.07) is 0.0929. The molecule has 8 heteroatoms. The first kappa shape index (κ1) is 25.1. The van der Waals surface area contributed by atoms with Crippen molar-refractivity contribution in [2.24, 2.45) is 11.7 Å². The van der Waals surface area contributed by atoms with Gasteiger partial charge in [-0.2, -0.15) is 0 Å². The van der Waals surface area contributed by atoms with Gasteiger partial charge in [0.05, 0.1) is 11.2 Å². The topological polar surface area (TPSA) is 103 Å². The lowest BCUT2D eigenvalue weighted by Gasteiger charge is -2.48. The number of amides is 2. The third kappa shape index (κ3) is 5.77. The first-order valence-corrected chi connectivity index (χ1v) is 11.3. The van der Waals surface area contributed by atoms with Gasteiger partial charge < -0.3 is 25.7 Å². The van der Waals surface area contributed by atoms with Crippen LogP contribution in [0.2, 0.25) is 6.32 Å². The van der Waals surface area contributed by atoms with Crippen molar-refractivity contribution < 1.29 is 18.9 Å². The number of carbonyl (C=O) groups is 2. The normalized spacial score (nSPS) is 27.2. The van der Waals surface area contributed by atoms with Gasteiger partial charge in [-0.15, -0.1) is 0 Å². The Morgan fingerprint density at radius 3 is 2.00 bits per heavy atom. The van der Waals surface area contributed by atoms with Crippen molar-refractivity contribution in [1.29, 1.82) is 0 Å². The molecule has 1 atom stereocenters. The Balaban J connectivity index is 2.05. The molecule has 1 aliphatic heterocycles. The summed E-state index contributed by atoms with van der Waals surface area (Å²) in [6.45, 7) is 15.5. The molecule has 172 valence electrons. The molecular formula is C22H42BN3O4. The minimum absolute atomic E-state index is 0.0515. The van der Waals surface area contributed by atoms with E-state index in [1.54, 1.807) is 0 Å². The Hall–Kier alpha value is -1.12. The molecule has 1 aliphatic carbocycles. The van der Waals surface area contributed by atoms with E-state index in [-0.39, 0.29) is 47.6 Å². The summed E-state index contributed by atoms with van der Waals surface area (Å²) in [6.07, 6.45) is 4.46. The summed E-state index contributed by atoms with van der Waals surface area (Å²) < 4.78 is 12.2. The zero-order valence-electron chi connectivity index (χ0n) is 20.2. The van der Waals surface area contributed by atoms with Crippen LogP contribution in [0, 0.1) is 5.92 Å². The van der Waals surface area contributed by atoms with Crippen molar-refractivity contribution in [3.05, 3.63) is 0 Å². The van der Waals surface area contributed by atoms with Crippen molar-refractivity contribution in [2.75, 3.05) is 0 Å². The third-order valence-corrected chi connectivity index (χ3v) is 6.73. The van der Waals surface area contributed by atoms with E-state index in [0.29, 0.717) is 6.42 Å². The Labute approximate surface area is 182 Å². The Morgan fingerprint density at radius 1 is 1.03 bits per heavy atom. The van der Waals surface area contributed by atoms with E-state index in [4.69, 9.17) is 15.0 Å². The van der Waals surface area contributed by atoms with Crippen molar-refractivity contribution in [1.82, 2.24) is 10.6 Å². The molecule has 0 aromatic carbocycles. The maximum atomic E-state index is 13.4. The van der Waals surface area contributed by atoms with Crippen LogP contribution < -0.4 is 16.4 Å². The Morgan fingerprint density at radius 2 is 1.57 bits per heavy atom. The molecule has 30 heavy (non-hydrogen) atoms. The molecule has 0 spiro atoms. The van der Waals surface area contributed by atoms with Crippen molar-refractivity contribution in [3.8, 4) is 0 Å². The lowest BCUT2D eigenvalue weighted by Crippen LogP contribution is -2.68. The van der Waals surface area contributed by atoms with E-state index in [0.717, 1.165) is 32.0 Å². The highest BCUT2D eigenvalue weighted by molar-refractivity contribution is 6.45. The number of carbonyl (C=O) groups excluding carboxylic acids is 2. The van der Waals surface area contributed by atoms with E-state index in [9.17, 15) is 9.59 Å². The first-order valence-electron chi connectivity index (χ1n) is 11.3. The summed E-state index contributed by atoms with van der Waals surface area (Å²) in [4.78, 5) is 25.4. The van der Waals surface area contributed by atoms with Gasteiger partial charge in [-0.1, -0.05) is 12.8 Å². The Bertz CT molecular complexity index is 625. The van der Waals surface area contributed by atoms with Crippen LogP contribution in [0.25, 0.3) is 0 Å². The van der Waals surface area contributed by atoms with Gasteiger partial charge in [-0.25, -0.2) is 0 Å². The molecule has 2 amide bonds. The highest BCUT2D eigenvalue weighted by Crippen LogP contribution is 2.41. The second-order valence-electron chi connectivity index (χ2n) is 11.2.